The normalized spacial score (nSPS) is 17.1. The molecule has 1 fully saturated rings. The molecule has 0 unspecified atom stereocenters. The molecule has 1 saturated heterocycles. The summed E-state index contributed by atoms with van der Waals surface area (Å²) in [5, 5.41) is 6.94. The summed E-state index contributed by atoms with van der Waals surface area (Å²) in [6.45, 7) is 5.01. The minimum absolute atomic E-state index is 0.0752. The Morgan fingerprint density at radius 2 is 2.21 bits per heavy atom. The third kappa shape index (κ3) is 4.07. The van der Waals surface area contributed by atoms with Crippen molar-refractivity contribution in [2.45, 2.75) is 19.9 Å². The Morgan fingerprint density at radius 1 is 1.42 bits per heavy atom. The highest BCUT2D eigenvalue weighted by atomic mass is 16.5. The van der Waals surface area contributed by atoms with Crippen molar-refractivity contribution in [2.24, 2.45) is 5.92 Å². The van der Waals surface area contributed by atoms with Crippen molar-refractivity contribution in [2.75, 3.05) is 31.6 Å². The van der Waals surface area contributed by atoms with Gasteiger partial charge in [-0.3, -0.25) is 0 Å². The summed E-state index contributed by atoms with van der Waals surface area (Å²) in [5.41, 5.74) is 2.02. The van der Waals surface area contributed by atoms with E-state index in [0.717, 1.165) is 31.0 Å². The molecule has 24 heavy (non-hydrogen) atoms. The van der Waals surface area contributed by atoms with E-state index >= 15 is 0 Å². The van der Waals surface area contributed by atoms with E-state index in [4.69, 9.17) is 4.52 Å². The van der Waals surface area contributed by atoms with Gasteiger partial charge in [-0.05, 0) is 31.4 Å². The van der Waals surface area contributed by atoms with E-state index in [1.165, 1.54) is 5.69 Å². The lowest BCUT2D eigenvalue weighted by molar-refractivity contribution is 0.204. The molecule has 1 N–H and O–H groups in total. The fraction of sp³-hybridized carbons (Fsp3) is 0.444. The Kier molecular flexibility index (Phi) is 5.03. The maximum absolute atomic E-state index is 12.2. The Bertz CT molecular complexity index is 671. The zero-order valence-electron chi connectivity index (χ0n) is 14.2. The minimum atomic E-state index is -0.0752. The van der Waals surface area contributed by atoms with Crippen LogP contribution in [0.3, 0.4) is 0 Å². The van der Waals surface area contributed by atoms with Gasteiger partial charge in [-0.25, -0.2) is 4.79 Å². The topological polar surface area (TPSA) is 61.6 Å². The Hall–Kier alpha value is -2.50. The maximum Gasteiger partial charge on any atom is 0.317 e. The van der Waals surface area contributed by atoms with Crippen LogP contribution in [0.5, 0.6) is 0 Å². The first-order valence-electron chi connectivity index (χ1n) is 8.33. The van der Waals surface area contributed by atoms with Gasteiger partial charge in [-0.2, -0.15) is 0 Å². The average molecular weight is 328 g/mol. The molecule has 0 bridgehead atoms. The van der Waals surface area contributed by atoms with Crippen molar-refractivity contribution in [1.29, 1.82) is 0 Å². The van der Waals surface area contributed by atoms with Crippen LogP contribution < -0.4 is 10.2 Å². The van der Waals surface area contributed by atoms with Crippen molar-refractivity contribution < 1.29 is 9.32 Å². The molecular formula is C18H24N4O2. The monoisotopic (exact) mass is 328 g/mol. The smallest absolute Gasteiger partial charge is 0.317 e. The van der Waals surface area contributed by atoms with Crippen molar-refractivity contribution in [3.8, 4) is 0 Å². The lowest BCUT2D eigenvalue weighted by Gasteiger charge is -2.20. The fourth-order valence-electron chi connectivity index (χ4n) is 3.05. The first kappa shape index (κ1) is 16.4. The molecule has 0 spiro atoms. The number of para-hydroxylation sites is 1. The van der Waals surface area contributed by atoms with Crippen LogP contribution in [0.2, 0.25) is 0 Å². The first-order valence-corrected chi connectivity index (χ1v) is 8.33. The predicted octanol–water partition coefficient (Wildman–Crippen LogP) is 2.65. The Morgan fingerprint density at radius 3 is 2.92 bits per heavy atom. The molecule has 0 saturated carbocycles. The molecule has 0 aliphatic carbocycles. The van der Waals surface area contributed by atoms with E-state index in [9.17, 15) is 4.79 Å². The third-order valence-electron chi connectivity index (χ3n) is 4.37. The zero-order chi connectivity index (χ0) is 16.9. The van der Waals surface area contributed by atoms with Crippen molar-refractivity contribution >= 4 is 11.7 Å². The summed E-state index contributed by atoms with van der Waals surface area (Å²) >= 11 is 0. The number of nitrogens with zero attached hydrogens (tertiary/aromatic N) is 3. The van der Waals surface area contributed by atoms with E-state index in [1.54, 1.807) is 11.9 Å². The van der Waals surface area contributed by atoms with Gasteiger partial charge in [0.05, 0.1) is 6.54 Å². The predicted molar refractivity (Wildman–Crippen MR) is 92.9 cm³/mol. The zero-order valence-corrected chi connectivity index (χ0v) is 14.2. The van der Waals surface area contributed by atoms with Crippen LogP contribution in [0.4, 0.5) is 10.5 Å². The SMILES string of the molecule is Cc1cc(CN(C)C(=O)NC[C@H]2CCN(c3ccccc3)C2)no1. The fourth-order valence-corrected chi connectivity index (χ4v) is 3.05. The number of carbonyl (C=O) groups excluding carboxylic acids is 1. The summed E-state index contributed by atoms with van der Waals surface area (Å²) in [6.07, 6.45) is 1.10. The van der Waals surface area contributed by atoms with Crippen LogP contribution >= 0.6 is 0 Å². The number of amides is 2. The number of aromatic nitrogens is 1. The molecule has 1 aromatic carbocycles. The van der Waals surface area contributed by atoms with Crippen LogP contribution in [-0.4, -0.2) is 42.8 Å². The van der Waals surface area contributed by atoms with Crippen molar-refractivity contribution in [1.82, 2.24) is 15.4 Å². The van der Waals surface area contributed by atoms with Crippen LogP contribution in [0.15, 0.2) is 40.9 Å². The lowest BCUT2D eigenvalue weighted by atomic mass is 10.1. The van der Waals surface area contributed by atoms with E-state index < -0.39 is 0 Å². The number of rotatable bonds is 5. The van der Waals surface area contributed by atoms with Gasteiger partial charge in [0.1, 0.15) is 11.5 Å². The molecule has 6 nitrogen and oxygen atoms in total. The molecule has 1 atom stereocenters. The molecule has 6 heteroatoms. The Labute approximate surface area is 142 Å². The average Bonchev–Trinajstić information content (AvgIpc) is 3.22. The summed E-state index contributed by atoms with van der Waals surface area (Å²) in [6, 6.07) is 12.2. The Balaban J connectivity index is 1.43. The summed E-state index contributed by atoms with van der Waals surface area (Å²) < 4.78 is 5.03. The van der Waals surface area contributed by atoms with Gasteiger partial charge in [0.2, 0.25) is 0 Å². The van der Waals surface area contributed by atoms with Gasteiger partial charge in [-0.15, -0.1) is 0 Å². The molecule has 1 aliphatic rings. The molecule has 1 aromatic heterocycles. The van der Waals surface area contributed by atoms with Crippen LogP contribution in [0.25, 0.3) is 0 Å². The number of hydrogen-bond acceptors (Lipinski definition) is 4. The largest absolute Gasteiger partial charge is 0.371 e. The maximum atomic E-state index is 12.2. The summed E-state index contributed by atoms with van der Waals surface area (Å²) in [7, 11) is 1.77. The molecule has 1 aliphatic heterocycles. The number of urea groups is 1. The second-order valence-corrected chi connectivity index (χ2v) is 6.41. The molecule has 2 aromatic rings. The number of anilines is 1. The highest BCUT2D eigenvalue weighted by Crippen LogP contribution is 2.22. The third-order valence-corrected chi connectivity index (χ3v) is 4.37. The molecule has 2 amide bonds. The molecule has 128 valence electrons. The van der Waals surface area contributed by atoms with Crippen molar-refractivity contribution in [3.63, 3.8) is 0 Å². The number of nitrogens with one attached hydrogen (secondary N) is 1. The summed E-state index contributed by atoms with van der Waals surface area (Å²) in [4.78, 5) is 16.2. The molecular weight excluding hydrogens is 304 g/mol. The van der Waals surface area contributed by atoms with Gasteiger partial charge >= 0.3 is 6.03 Å². The van der Waals surface area contributed by atoms with Crippen molar-refractivity contribution in [3.05, 3.63) is 47.9 Å². The van der Waals surface area contributed by atoms with Gasteiger partial charge in [-0.1, -0.05) is 23.4 Å². The van der Waals surface area contributed by atoms with Gasteiger partial charge < -0.3 is 19.6 Å². The number of benzene rings is 1. The molecule has 3 rings (SSSR count). The second kappa shape index (κ2) is 7.38. The lowest BCUT2D eigenvalue weighted by Crippen LogP contribution is -2.39. The quantitative estimate of drug-likeness (QED) is 0.916. The number of carbonyl (C=O) groups is 1. The van der Waals surface area contributed by atoms with E-state index in [-0.39, 0.29) is 6.03 Å². The van der Waals surface area contributed by atoms with E-state index in [1.807, 2.05) is 19.1 Å². The van der Waals surface area contributed by atoms with E-state index in [2.05, 4.69) is 39.6 Å². The van der Waals surface area contributed by atoms with Gasteiger partial charge in [0.25, 0.3) is 0 Å². The molecule has 2 heterocycles. The minimum Gasteiger partial charge on any atom is -0.371 e. The molecule has 0 radical (unpaired) electrons. The first-order chi connectivity index (χ1) is 11.6. The second-order valence-electron chi connectivity index (χ2n) is 6.41. The van der Waals surface area contributed by atoms with Gasteiger partial charge in [0, 0.05) is 38.4 Å². The van der Waals surface area contributed by atoms with Gasteiger partial charge in [0.15, 0.2) is 0 Å². The van der Waals surface area contributed by atoms with Crippen LogP contribution in [0, 0.1) is 12.8 Å². The van der Waals surface area contributed by atoms with E-state index in [0.29, 0.717) is 19.0 Å². The standard InChI is InChI=1S/C18H24N4O2/c1-14-10-16(20-24-14)13-21(2)18(23)19-11-15-8-9-22(12-15)17-6-4-3-5-7-17/h3-7,10,15H,8-9,11-13H2,1-2H3,(H,19,23)/t15-/m1/s1. The summed E-state index contributed by atoms with van der Waals surface area (Å²) in [5.74, 6) is 1.24. The van der Waals surface area contributed by atoms with Crippen LogP contribution in [-0.2, 0) is 6.54 Å². The highest BCUT2D eigenvalue weighted by Gasteiger charge is 2.23. The number of hydrogen-bond donors (Lipinski definition) is 1. The number of aryl methyl sites for hydroxylation is 1. The highest BCUT2D eigenvalue weighted by molar-refractivity contribution is 5.73. The van der Waals surface area contributed by atoms with Crippen LogP contribution in [0.1, 0.15) is 17.9 Å².